The third-order valence-electron chi connectivity index (χ3n) is 6.73. The van der Waals surface area contributed by atoms with Crippen molar-refractivity contribution in [2.24, 2.45) is 0 Å². The van der Waals surface area contributed by atoms with E-state index >= 15 is 0 Å². The lowest BCUT2D eigenvalue weighted by atomic mass is 10.1. The van der Waals surface area contributed by atoms with Crippen LogP contribution in [0.25, 0.3) is 0 Å². The number of anilines is 1. The number of unbranched alkanes of at least 4 members (excludes halogenated alkanes) is 1. The lowest BCUT2D eigenvalue weighted by molar-refractivity contribution is -0.139. The van der Waals surface area contributed by atoms with Crippen molar-refractivity contribution in [1.29, 1.82) is 0 Å². The van der Waals surface area contributed by atoms with E-state index in [0.717, 1.165) is 39.3 Å². The van der Waals surface area contributed by atoms with Crippen LogP contribution in [-0.4, -0.2) is 57.5 Å². The van der Waals surface area contributed by atoms with Gasteiger partial charge >= 0.3 is 0 Å². The van der Waals surface area contributed by atoms with Crippen LogP contribution in [0.15, 0.2) is 76.1 Å². The lowest BCUT2D eigenvalue weighted by Crippen LogP contribution is -2.51. The van der Waals surface area contributed by atoms with Crippen LogP contribution in [0.3, 0.4) is 0 Å². The third-order valence-corrected chi connectivity index (χ3v) is 9.00. The average molecular weight is 663 g/mol. The van der Waals surface area contributed by atoms with Gasteiger partial charge in [-0.2, -0.15) is 0 Å². The minimum absolute atomic E-state index is 0.0575. The van der Waals surface area contributed by atoms with Gasteiger partial charge in [0.1, 0.15) is 31.6 Å². The number of hydrogen-bond donors (Lipinski definition) is 1. The van der Waals surface area contributed by atoms with Crippen molar-refractivity contribution in [3.05, 3.63) is 82.6 Å². The van der Waals surface area contributed by atoms with Crippen LogP contribution in [-0.2, 0) is 26.2 Å². The zero-order chi connectivity index (χ0) is 30.3. The maximum atomic E-state index is 14.0. The van der Waals surface area contributed by atoms with Crippen molar-refractivity contribution >= 4 is 43.5 Å². The molecule has 3 aromatic rings. The van der Waals surface area contributed by atoms with Crippen molar-refractivity contribution in [1.82, 2.24) is 10.2 Å². The van der Waals surface area contributed by atoms with Gasteiger partial charge in [0.15, 0.2) is 11.5 Å². The van der Waals surface area contributed by atoms with Gasteiger partial charge in [0.05, 0.1) is 10.6 Å². The molecule has 1 atom stereocenters. The van der Waals surface area contributed by atoms with Gasteiger partial charge in [-0.05, 0) is 67.4 Å². The first-order valence-corrected chi connectivity index (χ1v) is 15.8. The minimum atomic E-state index is -4.35. The molecule has 0 fully saturated rings. The standard InChI is InChI=1S/C30H33BrFN3O6S/c1-3-4-14-33-30(37)21(2)34(19-22-6-5-7-23(31)17-22)29(36)20-35(25-10-8-24(32)9-11-25)42(38,39)26-12-13-27-28(18-26)41-16-15-40-27/h5-13,17-18,21H,3-4,14-16,19-20H2,1-2H3,(H,33,37). The lowest BCUT2D eigenvalue weighted by Gasteiger charge is -2.32. The molecule has 0 aromatic heterocycles. The first-order chi connectivity index (χ1) is 20.1. The molecule has 3 aromatic carbocycles. The van der Waals surface area contributed by atoms with Gasteiger partial charge in [-0.15, -0.1) is 0 Å². The molecule has 1 heterocycles. The van der Waals surface area contributed by atoms with Crippen molar-refractivity contribution in [3.63, 3.8) is 0 Å². The monoisotopic (exact) mass is 661 g/mol. The Kier molecular flexibility index (Phi) is 10.4. The molecule has 1 aliphatic rings. The molecule has 1 unspecified atom stereocenters. The van der Waals surface area contributed by atoms with E-state index in [9.17, 15) is 22.4 Å². The predicted molar refractivity (Wildman–Crippen MR) is 160 cm³/mol. The average Bonchev–Trinajstić information content (AvgIpc) is 2.98. The summed E-state index contributed by atoms with van der Waals surface area (Å²) in [6, 6.07) is 15.4. The van der Waals surface area contributed by atoms with Crippen LogP contribution in [0.1, 0.15) is 32.3 Å². The number of hydrogen-bond acceptors (Lipinski definition) is 6. The number of nitrogens with zero attached hydrogens (tertiary/aromatic N) is 2. The molecule has 1 N–H and O–H groups in total. The Hall–Kier alpha value is -3.64. The molecule has 9 nitrogen and oxygen atoms in total. The number of benzene rings is 3. The van der Waals surface area contributed by atoms with E-state index in [4.69, 9.17) is 9.47 Å². The molecule has 4 rings (SSSR count). The molecule has 0 saturated carbocycles. The van der Waals surface area contributed by atoms with Gasteiger partial charge in [-0.3, -0.25) is 13.9 Å². The summed E-state index contributed by atoms with van der Waals surface area (Å²) in [7, 11) is -4.35. The zero-order valence-electron chi connectivity index (χ0n) is 23.4. The second kappa shape index (κ2) is 14.0. The molecule has 2 amide bonds. The highest BCUT2D eigenvalue weighted by molar-refractivity contribution is 9.10. The number of sulfonamides is 1. The van der Waals surface area contributed by atoms with Gasteiger partial charge in [0, 0.05) is 23.6 Å². The molecule has 0 radical (unpaired) electrons. The van der Waals surface area contributed by atoms with E-state index in [2.05, 4.69) is 21.2 Å². The summed E-state index contributed by atoms with van der Waals surface area (Å²) < 4.78 is 54.7. The fraction of sp³-hybridized carbons (Fsp3) is 0.333. The molecule has 12 heteroatoms. The number of halogens is 2. The van der Waals surface area contributed by atoms with Gasteiger partial charge in [-0.25, -0.2) is 12.8 Å². The summed E-state index contributed by atoms with van der Waals surface area (Å²) in [6.07, 6.45) is 1.67. The maximum absolute atomic E-state index is 14.0. The summed E-state index contributed by atoms with van der Waals surface area (Å²) in [6.45, 7) is 4.09. The molecule has 224 valence electrons. The molecule has 0 saturated heterocycles. The Bertz CT molecular complexity index is 1520. The van der Waals surface area contributed by atoms with Crippen LogP contribution in [0, 0.1) is 5.82 Å². The van der Waals surface area contributed by atoms with Gasteiger partial charge in [0.2, 0.25) is 11.8 Å². The summed E-state index contributed by atoms with van der Waals surface area (Å²) in [5.74, 6) is -0.849. The second-order valence-corrected chi connectivity index (χ2v) is 12.5. The second-order valence-electron chi connectivity index (χ2n) is 9.77. The van der Waals surface area contributed by atoms with Crippen molar-refractivity contribution in [2.75, 3.05) is 30.6 Å². The Labute approximate surface area is 253 Å². The maximum Gasteiger partial charge on any atom is 0.264 e. The first-order valence-electron chi connectivity index (χ1n) is 13.6. The van der Waals surface area contributed by atoms with E-state index in [1.165, 1.54) is 35.2 Å². The predicted octanol–water partition coefficient (Wildman–Crippen LogP) is 4.89. The van der Waals surface area contributed by atoms with Crippen molar-refractivity contribution < 1.29 is 31.9 Å². The number of carbonyl (C=O) groups is 2. The molecule has 0 bridgehead atoms. The van der Waals surface area contributed by atoms with E-state index in [-0.39, 0.29) is 35.4 Å². The number of fused-ring (bicyclic) bond motifs is 1. The van der Waals surface area contributed by atoms with Gasteiger partial charge < -0.3 is 19.7 Å². The zero-order valence-corrected chi connectivity index (χ0v) is 25.8. The fourth-order valence-corrected chi connectivity index (χ4v) is 6.27. The topological polar surface area (TPSA) is 105 Å². The Morgan fingerprint density at radius 3 is 2.43 bits per heavy atom. The van der Waals surface area contributed by atoms with Crippen molar-refractivity contribution in [2.45, 2.75) is 44.2 Å². The quantitative estimate of drug-likeness (QED) is 0.277. The third kappa shape index (κ3) is 7.60. The largest absolute Gasteiger partial charge is 0.486 e. The first kappa shape index (κ1) is 31.3. The highest BCUT2D eigenvalue weighted by Gasteiger charge is 2.33. The summed E-state index contributed by atoms with van der Waals surface area (Å²) in [5.41, 5.74) is 0.830. The van der Waals surface area contributed by atoms with E-state index in [0.29, 0.717) is 18.9 Å². The number of amides is 2. The van der Waals surface area contributed by atoms with Crippen LogP contribution in [0.4, 0.5) is 10.1 Å². The highest BCUT2D eigenvalue weighted by Crippen LogP contribution is 2.34. The van der Waals surface area contributed by atoms with Crippen LogP contribution in [0.2, 0.25) is 0 Å². The number of carbonyl (C=O) groups excluding carboxylic acids is 2. The van der Waals surface area contributed by atoms with Crippen molar-refractivity contribution in [3.8, 4) is 11.5 Å². The smallest absolute Gasteiger partial charge is 0.264 e. The van der Waals surface area contributed by atoms with E-state index in [1.807, 2.05) is 31.2 Å². The Morgan fingerprint density at radius 2 is 1.74 bits per heavy atom. The SMILES string of the molecule is CCCCNC(=O)C(C)N(Cc1cccc(Br)c1)C(=O)CN(c1ccc(F)cc1)S(=O)(=O)c1ccc2c(c1)OCCO2. The Morgan fingerprint density at radius 1 is 1.02 bits per heavy atom. The van der Waals surface area contributed by atoms with Crippen LogP contribution < -0.4 is 19.1 Å². The molecule has 42 heavy (non-hydrogen) atoms. The summed E-state index contributed by atoms with van der Waals surface area (Å²) in [4.78, 5) is 28.2. The summed E-state index contributed by atoms with van der Waals surface area (Å²) >= 11 is 3.43. The summed E-state index contributed by atoms with van der Waals surface area (Å²) in [5, 5.41) is 2.85. The molecular weight excluding hydrogens is 629 g/mol. The number of rotatable bonds is 12. The van der Waals surface area contributed by atoms with Gasteiger partial charge in [-0.1, -0.05) is 41.4 Å². The molecule has 1 aliphatic heterocycles. The molecule has 0 spiro atoms. The van der Waals surface area contributed by atoms with Crippen LogP contribution >= 0.6 is 15.9 Å². The molecule has 0 aliphatic carbocycles. The highest BCUT2D eigenvalue weighted by atomic mass is 79.9. The normalized spacial score (nSPS) is 13.2. The van der Waals surface area contributed by atoms with Gasteiger partial charge in [0.25, 0.3) is 10.0 Å². The Balaban J connectivity index is 1.70. The fourth-order valence-electron chi connectivity index (χ4n) is 4.40. The minimum Gasteiger partial charge on any atom is -0.486 e. The van der Waals surface area contributed by atoms with E-state index < -0.39 is 34.3 Å². The van der Waals surface area contributed by atoms with Crippen LogP contribution in [0.5, 0.6) is 11.5 Å². The number of ether oxygens (including phenoxy) is 2. The molecular formula is C30H33BrFN3O6S. The van der Waals surface area contributed by atoms with E-state index in [1.54, 1.807) is 6.92 Å². The number of nitrogens with one attached hydrogen (secondary N) is 1.